The van der Waals surface area contributed by atoms with E-state index in [1.54, 1.807) is 60.7 Å². The Balaban J connectivity index is 1.56. The van der Waals surface area contributed by atoms with Crippen LogP contribution in [0.3, 0.4) is 0 Å². The second kappa shape index (κ2) is 9.67. The molecule has 0 unspecified atom stereocenters. The quantitative estimate of drug-likeness (QED) is 0.195. The van der Waals surface area contributed by atoms with Crippen LogP contribution in [0.2, 0.25) is 5.02 Å². The lowest BCUT2D eigenvalue weighted by molar-refractivity contribution is -0.118. The van der Waals surface area contributed by atoms with E-state index in [1.807, 2.05) is 0 Å². The molecule has 0 aliphatic rings. The molecule has 2 N–H and O–H groups in total. The van der Waals surface area contributed by atoms with Gasteiger partial charge in [-0.05, 0) is 66.2 Å². The second-order valence-corrected chi connectivity index (χ2v) is 8.08. The van der Waals surface area contributed by atoms with Crippen molar-refractivity contribution in [3.63, 3.8) is 0 Å². The standard InChI is InChI=1S/C23H17ClN4O3S/c24-16-7-9-17(10-8-16)28-22(31)19-3-1-2-4-20(19)26-23(28)32-14-21(30)27-25-13-15-5-11-18(29)12-6-15/h1-13,29H,14H2,(H,27,30)/b25-13-. The Kier molecular flexibility index (Phi) is 6.53. The minimum Gasteiger partial charge on any atom is -0.508 e. The van der Waals surface area contributed by atoms with Crippen LogP contribution in [0.4, 0.5) is 0 Å². The Hall–Kier alpha value is -3.62. The lowest BCUT2D eigenvalue weighted by Gasteiger charge is -2.13. The van der Waals surface area contributed by atoms with Gasteiger partial charge in [0.1, 0.15) is 5.75 Å². The first kappa shape index (κ1) is 21.6. The van der Waals surface area contributed by atoms with Crippen LogP contribution in [0.15, 0.2) is 87.8 Å². The number of phenolic OH excluding ortho intramolecular Hbond substituents is 1. The topological polar surface area (TPSA) is 96.6 Å². The van der Waals surface area contributed by atoms with Crippen molar-refractivity contribution in [2.24, 2.45) is 5.10 Å². The molecule has 0 radical (unpaired) electrons. The van der Waals surface area contributed by atoms with Crippen LogP contribution in [-0.4, -0.2) is 32.5 Å². The van der Waals surface area contributed by atoms with Gasteiger partial charge >= 0.3 is 0 Å². The molecule has 0 aliphatic carbocycles. The Bertz CT molecular complexity index is 1350. The summed E-state index contributed by atoms with van der Waals surface area (Å²) >= 11 is 7.12. The summed E-state index contributed by atoms with van der Waals surface area (Å²) in [6.45, 7) is 0. The summed E-state index contributed by atoms with van der Waals surface area (Å²) in [6, 6.07) is 20.3. The summed E-state index contributed by atoms with van der Waals surface area (Å²) < 4.78 is 1.47. The molecule has 4 rings (SSSR count). The number of nitrogens with one attached hydrogen (secondary N) is 1. The highest BCUT2D eigenvalue weighted by atomic mass is 35.5. The molecule has 3 aromatic carbocycles. The van der Waals surface area contributed by atoms with Crippen LogP contribution in [0.1, 0.15) is 5.56 Å². The van der Waals surface area contributed by atoms with E-state index in [4.69, 9.17) is 11.6 Å². The molecule has 0 saturated heterocycles. The summed E-state index contributed by atoms with van der Waals surface area (Å²) in [4.78, 5) is 30.0. The Morgan fingerprint density at radius 3 is 2.56 bits per heavy atom. The normalized spacial score (nSPS) is 11.2. The van der Waals surface area contributed by atoms with E-state index < -0.39 is 0 Å². The number of rotatable bonds is 6. The summed E-state index contributed by atoms with van der Waals surface area (Å²) in [5, 5.41) is 14.6. The summed E-state index contributed by atoms with van der Waals surface area (Å²) in [5.41, 5.74) is 4.10. The molecule has 7 nitrogen and oxygen atoms in total. The van der Waals surface area contributed by atoms with Crippen LogP contribution in [0, 0.1) is 0 Å². The van der Waals surface area contributed by atoms with Crippen molar-refractivity contribution in [1.29, 1.82) is 0 Å². The number of nitrogens with zero attached hydrogens (tertiary/aromatic N) is 3. The molecule has 9 heteroatoms. The lowest BCUT2D eigenvalue weighted by Crippen LogP contribution is -2.24. The van der Waals surface area contributed by atoms with Crippen LogP contribution in [0.25, 0.3) is 16.6 Å². The van der Waals surface area contributed by atoms with E-state index in [0.717, 1.165) is 17.3 Å². The van der Waals surface area contributed by atoms with Gasteiger partial charge in [-0.2, -0.15) is 5.10 Å². The first-order valence-electron chi connectivity index (χ1n) is 9.53. The van der Waals surface area contributed by atoms with Gasteiger partial charge in [-0.1, -0.05) is 35.5 Å². The number of hydrazone groups is 1. The van der Waals surface area contributed by atoms with Crippen LogP contribution >= 0.6 is 23.4 Å². The lowest BCUT2D eigenvalue weighted by atomic mass is 10.2. The van der Waals surface area contributed by atoms with Crippen molar-refractivity contribution in [3.8, 4) is 11.4 Å². The number of para-hydroxylation sites is 1. The van der Waals surface area contributed by atoms with Gasteiger partial charge in [0.15, 0.2) is 5.16 Å². The average molecular weight is 465 g/mol. The van der Waals surface area contributed by atoms with Crippen LogP contribution in [-0.2, 0) is 4.79 Å². The minimum absolute atomic E-state index is 0.00525. The smallest absolute Gasteiger partial charge is 0.266 e. The van der Waals surface area contributed by atoms with E-state index >= 15 is 0 Å². The number of benzene rings is 3. The molecule has 0 bridgehead atoms. The molecule has 1 amide bonds. The fourth-order valence-corrected chi connectivity index (χ4v) is 3.86. The molecular formula is C23H17ClN4O3S. The maximum absolute atomic E-state index is 13.2. The van der Waals surface area contributed by atoms with E-state index in [-0.39, 0.29) is 23.0 Å². The molecule has 0 fully saturated rings. The fraction of sp³-hybridized carbons (Fsp3) is 0.0435. The molecule has 1 heterocycles. The highest BCUT2D eigenvalue weighted by Crippen LogP contribution is 2.22. The maximum atomic E-state index is 13.2. The summed E-state index contributed by atoms with van der Waals surface area (Å²) in [7, 11) is 0. The van der Waals surface area contributed by atoms with E-state index in [1.165, 1.54) is 22.9 Å². The second-order valence-electron chi connectivity index (χ2n) is 6.70. The van der Waals surface area contributed by atoms with Crippen molar-refractivity contribution >= 4 is 46.4 Å². The van der Waals surface area contributed by atoms with E-state index in [9.17, 15) is 14.7 Å². The molecule has 0 saturated carbocycles. The van der Waals surface area contributed by atoms with Gasteiger partial charge in [0.25, 0.3) is 11.5 Å². The summed E-state index contributed by atoms with van der Waals surface area (Å²) in [5.74, 6) is -0.196. The number of fused-ring (bicyclic) bond motifs is 1. The van der Waals surface area contributed by atoms with Gasteiger partial charge in [0.05, 0.1) is 28.6 Å². The number of aromatic hydroxyl groups is 1. The molecule has 0 atom stereocenters. The van der Waals surface area contributed by atoms with Gasteiger partial charge in [-0.15, -0.1) is 0 Å². The molecule has 32 heavy (non-hydrogen) atoms. The molecule has 0 spiro atoms. The predicted molar refractivity (Wildman–Crippen MR) is 127 cm³/mol. The third-order valence-electron chi connectivity index (χ3n) is 4.46. The number of carbonyl (C=O) groups is 1. The highest BCUT2D eigenvalue weighted by molar-refractivity contribution is 7.99. The minimum atomic E-state index is -0.352. The first-order chi connectivity index (χ1) is 15.5. The van der Waals surface area contributed by atoms with E-state index in [0.29, 0.717) is 26.8 Å². The van der Waals surface area contributed by atoms with Gasteiger partial charge in [0.2, 0.25) is 0 Å². The van der Waals surface area contributed by atoms with Crippen molar-refractivity contribution in [2.75, 3.05) is 5.75 Å². The maximum Gasteiger partial charge on any atom is 0.266 e. The van der Waals surface area contributed by atoms with Gasteiger partial charge in [-0.3, -0.25) is 14.2 Å². The largest absolute Gasteiger partial charge is 0.508 e. The Morgan fingerprint density at radius 2 is 1.81 bits per heavy atom. The third-order valence-corrected chi connectivity index (χ3v) is 5.65. The van der Waals surface area contributed by atoms with Gasteiger partial charge in [-0.25, -0.2) is 10.4 Å². The Morgan fingerprint density at radius 1 is 1.09 bits per heavy atom. The third kappa shape index (κ3) is 4.99. The monoisotopic (exact) mass is 464 g/mol. The SMILES string of the molecule is O=C(CSc1nc2ccccc2c(=O)n1-c1ccc(Cl)cc1)N/N=C\c1ccc(O)cc1. The zero-order valence-electron chi connectivity index (χ0n) is 16.6. The molecule has 1 aromatic heterocycles. The number of thioether (sulfide) groups is 1. The van der Waals surface area contributed by atoms with Gasteiger partial charge < -0.3 is 5.11 Å². The number of phenols is 1. The zero-order valence-corrected chi connectivity index (χ0v) is 18.2. The number of amides is 1. The van der Waals surface area contributed by atoms with Crippen molar-refractivity contribution in [3.05, 3.63) is 93.7 Å². The van der Waals surface area contributed by atoms with Gasteiger partial charge in [0, 0.05) is 5.02 Å². The molecule has 4 aromatic rings. The number of carbonyl (C=O) groups excluding carboxylic acids is 1. The van der Waals surface area contributed by atoms with Crippen molar-refractivity contribution < 1.29 is 9.90 Å². The highest BCUT2D eigenvalue weighted by Gasteiger charge is 2.14. The number of hydrogen-bond donors (Lipinski definition) is 2. The number of hydrogen-bond acceptors (Lipinski definition) is 6. The zero-order chi connectivity index (χ0) is 22.5. The predicted octanol–water partition coefficient (Wildman–Crippen LogP) is 3.99. The molecular weight excluding hydrogens is 448 g/mol. The van der Waals surface area contributed by atoms with Crippen LogP contribution in [0.5, 0.6) is 5.75 Å². The van der Waals surface area contributed by atoms with Crippen molar-refractivity contribution in [1.82, 2.24) is 15.0 Å². The molecule has 0 aliphatic heterocycles. The van der Waals surface area contributed by atoms with Crippen LogP contribution < -0.4 is 11.0 Å². The van der Waals surface area contributed by atoms with E-state index in [2.05, 4.69) is 15.5 Å². The molecule has 160 valence electrons. The fourth-order valence-electron chi connectivity index (χ4n) is 2.93. The average Bonchev–Trinajstić information content (AvgIpc) is 2.80. The number of aromatic nitrogens is 2. The summed E-state index contributed by atoms with van der Waals surface area (Å²) in [6.07, 6.45) is 1.47. The van der Waals surface area contributed by atoms with Crippen molar-refractivity contribution in [2.45, 2.75) is 5.16 Å². The Labute approximate surface area is 192 Å². The number of halogens is 1. The first-order valence-corrected chi connectivity index (χ1v) is 10.9.